The summed E-state index contributed by atoms with van der Waals surface area (Å²) in [5.74, 6) is 0.0947. The fourth-order valence-corrected chi connectivity index (χ4v) is 7.29. The number of benzene rings is 1. The Morgan fingerprint density at radius 1 is 1.10 bits per heavy atom. The van der Waals surface area contributed by atoms with Gasteiger partial charge in [0.05, 0.1) is 29.0 Å². The number of furan rings is 1. The largest absolute Gasteiger partial charge is 0.461 e. The first-order valence-corrected chi connectivity index (χ1v) is 15.2. The second-order valence-corrected chi connectivity index (χ2v) is 12.2. The Bertz CT molecular complexity index is 1570. The minimum absolute atomic E-state index is 0.00694. The van der Waals surface area contributed by atoms with E-state index < -0.39 is 6.10 Å². The molecule has 0 aliphatic carbocycles. The monoisotopic (exact) mass is 579 g/mol. The molecule has 5 rings (SSSR count). The van der Waals surface area contributed by atoms with Crippen LogP contribution in [0.4, 0.5) is 5.69 Å². The van der Waals surface area contributed by atoms with Crippen molar-refractivity contribution in [1.29, 1.82) is 0 Å². The van der Waals surface area contributed by atoms with E-state index in [1.807, 2.05) is 41.4 Å². The van der Waals surface area contributed by atoms with Crippen molar-refractivity contribution in [2.75, 3.05) is 5.32 Å². The van der Waals surface area contributed by atoms with Crippen molar-refractivity contribution in [3.8, 4) is 10.0 Å². The number of hydrogen-bond acceptors (Lipinski definition) is 7. The number of aliphatic hydroxyl groups is 1. The number of aromatic nitrogens is 2. The Hall–Kier alpha value is -3.47. The van der Waals surface area contributed by atoms with E-state index in [4.69, 9.17) is 4.42 Å². The number of anilines is 1. The van der Waals surface area contributed by atoms with E-state index in [0.717, 1.165) is 44.0 Å². The van der Waals surface area contributed by atoms with E-state index >= 15 is 0 Å². The molecule has 8 nitrogen and oxygen atoms in total. The highest BCUT2D eigenvalue weighted by molar-refractivity contribution is 7.20. The minimum Gasteiger partial charge on any atom is -0.461 e. The number of carbonyl (C=O) groups excluding carboxylic acids is 3. The Labute approximate surface area is 240 Å². The van der Waals surface area contributed by atoms with Gasteiger partial charge in [0, 0.05) is 24.6 Å². The fraction of sp³-hybridized carbons (Fsp3) is 0.367. The maximum atomic E-state index is 13.5. The molecule has 0 saturated carbocycles. The first kappa shape index (κ1) is 28.1. The number of aryl methyl sites for hydroxylation is 2. The van der Waals surface area contributed by atoms with Gasteiger partial charge >= 0.3 is 10.0 Å². The van der Waals surface area contributed by atoms with Gasteiger partial charge in [-0.2, -0.15) is 9.13 Å². The second kappa shape index (κ2) is 12.0. The molecule has 1 atom stereocenters. The SMILES string of the molecule is CCCC(O)Cc1csc(-c2sc(C)c(C)[n+]2CC(=O)c2ccc3c(c2)CCC(=O)N3)[n+]1CC(=O)c1ccco1. The summed E-state index contributed by atoms with van der Waals surface area (Å²) in [5, 5.41) is 17.2. The Balaban J connectivity index is 1.49. The molecule has 3 aromatic heterocycles. The van der Waals surface area contributed by atoms with Crippen molar-refractivity contribution in [1.82, 2.24) is 0 Å². The third-order valence-corrected chi connectivity index (χ3v) is 9.64. The molecule has 0 radical (unpaired) electrons. The van der Waals surface area contributed by atoms with Gasteiger partial charge in [-0.05, 0) is 55.7 Å². The van der Waals surface area contributed by atoms with Crippen molar-refractivity contribution in [2.24, 2.45) is 0 Å². The smallest absolute Gasteiger partial charge is 0.346 e. The molecule has 0 fully saturated rings. The van der Waals surface area contributed by atoms with Gasteiger partial charge in [-0.15, -0.1) is 0 Å². The zero-order valence-electron chi connectivity index (χ0n) is 22.9. The standard InChI is InChI=1S/C30H32N3O5S2/c1-4-6-23(34)14-22-17-39-29(33(22)16-26(36)27-7-5-12-38-27)30-32(18(2)19(3)40-30)15-25(35)21-8-10-24-20(13-21)9-11-28(37)31-24/h5,7-8,10,12-13,17,23,34H,4,6,9,11,14-16H2,1-3H3/q+1/p+1. The van der Waals surface area contributed by atoms with Gasteiger partial charge in [0.1, 0.15) is 0 Å². The number of carbonyl (C=O) groups is 3. The summed E-state index contributed by atoms with van der Waals surface area (Å²) in [4.78, 5) is 39.5. The lowest BCUT2D eigenvalue weighted by molar-refractivity contribution is -0.702. The van der Waals surface area contributed by atoms with Gasteiger partial charge in [-0.1, -0.05) is 36.0 Å². The van der Waals surface area contributed by atoms with Crippen LogP contribution in [0.2, 0.25) is 0 Å². The Kier molecular flexibility index (Phi) is 8.39. The Morgan fingerprint density at radius 3 is 2.65 bits per heavy atom. The predicted molar refractivity (Wildman–Crippen MR) is 153 cm³/mol. The maximum Gasteiger partial charge on any atom is 0.346 e. The number of rotatable bonds is 11. The highest BCUT2D eigenvalue weighted by atomic mass is 32.1. The third kappa shape index (κ3) is 5.84. The maximum absolute atomic E-state index is 13.5. The molecule has 1 amide bonds. The molecule has 4 aromatic rings. The predicted octanol–water partition coefficient (Wildman–Crippen LogP) is 4.62. The summed E-state index contributed by atoms with van der Waals surface area (Å²) >= 11 is 3.10. The highest BCUT2D eigenvalue weighted by Crippen LogP contribution is 2.29. The minimum atomic E-state index is -0.508. The van der Waals surface area contributed by atoms with Crippen LogP contribution < -0.4 is 14.5 Å². The zero-order valence-corrected chi connectivity index (χ0v) is 24.5. The van der Waals surface area contributed by atoms with Crippen LogP contribution in [0.5, 0.6) is 0 Å². The third-order valence-electron chi connectivity index (χ3n) is 7.28. The van der Waals surface area contributed by atoms with Gasteiger partial charge in [0.25, 0.3) is 5.78 Å². The highest BCUT2D eigenvalue weighted by Gasteiger charge is 2.36. The van der Waals surface area contributed by atoms with E-state index in [0.29, 0.717) is 31.2 Å². The lowest BCUT2D eigenvalue weighted by Gasteiger charge is -2.17. The van der Waals surface area contributed by atoms with Gasteiger partial charge in [0.2, 0.25) is 24.8 Å². The number of fused-ring (bicyclic) bond motifs is 1. The molecule has 2 N–H and O–H groups in total. The van der Waals surface area contributed by atoms with Gasteiger partial charge in [-0.25, -0.2) is 0 Å². The molecule has 10 heteroatoms. The topological polar surface area (TPSA) is 104 Å². The van der Waals surface area contributed by atoms with Crippen LogP contribution in [0, 0.1) is 13.8 Å². The van der Waals surface area contributed by atoms with E-state index in [1.165, 1.54) is 17.6 Å². The van der Waals surface area contributed by atoms with Crippen molar-refractivity contribution in [3.05, 3.63) is 75.1 Å². The number of amides is 1. The summed E-state index contributed by atoms with van der Waals surface area (Å²) in [6.07, 6.45) is 3.98. The van der Waals surface area contributed by atoms with Crippen molar-refractivity contribution >= 4 is 45.8 Å². The van der Waals surface area contributed by atoms with Crippen molar-refractivity contribution < 1.29 is 33.0 Å². The first-order chi connectivity index (χ1) is 19.2. The van der Waals surface area contributed by atoms with Crippen LogP contribution in [0.25, 0.3) is 10.0 Å². The summed E-state index contributed by atoms with van der Waals surface area (Å²) < 4.78 is 9.35. The summed E-state index contributed by atoms with van der Waals surface area (Å²) in [7, 11) is 0. The molecule has 1 aliphatic rings. The lowest BCUT2D eigenvalue weighted by Crippen LogP contribution is -2.47. The summed E-state index contributed by atoms with van der Waals surface area (Å²) in [6, 6.07) is 8.80. The van der Waals surface area contributed by atoms with Crippen LogP contribution >= 0.6 is 22.7 Å². The van der Waals surface area contributed by atoms with Crippen LogP contribution in [0.1, 0.15) is 68.9 Å². The van der Waals surface area contributed by atoms with E-state index in [9.17, 15) is 19.5 Å². The number of Topliss-reactive ketones (excluding diaryl/α,β-unsaturated/α-hetero) is 2. The molecular weight excluding hydrogens is 546 g/mol. The molecule has 4 heterocycles. The second-order valence-electron chi connectivity index (χ2n) is 10.1. The summed E-state index contributed by atoms with van der Waals surface area (Å²) in [6.45, 7) is 6.29. The van der Waals surface area contributed by atoms with Gasteiger partial charge < -0.3 is 14.8 Å². The number of hydrogen-bond donors (Lipinski definition) is 2. The van der Waals surface area contributed by atoms with Crippen LogP contribution in [0.15, 0.2) is 46.4 Å². The first-order valence-electron chi connectivity index (χ1n) is 13.5. The number of nitrogens with zero attached hydrogens (tertiary/aromatic N) is 2. The molecule has 0 saturated heterocycles. The average molecular weight is 580 g/mol. The zero-order chi connectivity index (χ0) is 28.4. The number of nitrogens with one attached hydrogen (secondary N) is 1. The lowest BCUT2D eigenvalue weighted by atomic mass is 9.99. The quantitative estimate of drug-likeness (QED) is 0.199. The molecule has 1 aliphatic heterocycles. The summed E-state index contributed by atoms with van der Waals surface area (Å²) in [5.41, 5.74) is 4.20. The molecular formula is C30H33N3O5S2+2. The molecule has 1 unspecified atom stereocenters. The van der Waals surface area contributed by atoms with Crippen LogP contribution in [-0.2, 0) is 30.7 Å². The van der Waals surface area contributed by atoms with E-state index in [2.05, 4.69) is 5.32 Å². The van der Waals surface area contributed by atoms with E-state index in [1.54, 1.807) is 35.6 Å². The Morgan fingerprint density at radius 2 is 1.90 bits per heavy atom. The molecule has 40 heavy (non-hydrogen) atoms. The number of thiazole rings is 2. The van der Waals surface area contributed by atoms with Gasteiger partial charge in [0.15, 0.2) is 17.1 Å². The number of ketones is 2. The molecule has 0 spiro atoms. The molecule has 208 valence electrons. The van der Waals surface area contributed by atoms with Gasteiger partial charge in [-0.3, -0.25) is 14.4 Å². The molecule has 0 bridgehead atoms. The molecule has 1 aromatic carbocycles. The van der Waals surface area contributed by atoms with Crippen molar-refractivity contribution in [2.45, 2.75) is 72.1 Å². The average Bonchev–Trinajstić information content (AvgIpc) is 3.66. The van der Waals surface area contributed by atoms with Crippen molar-refractivity contribution in [3.63, 3.8) is 0 Å². The van der Waals surface area contributed by atoms with E-state index in [-0.39, 0.29) is 36.3 Å². The van der Waals surface area contributed by atoms with Crippen LogP contribution in [-0.4, -0.2) is 28.7 Å². The normalized spacial score (nSPS) is 13.7. The number of aliphatic hydroxyl groups excluding tert-OH is 1. The fourth-order valence-electron chi connectivity index (χ4n) is 4.97. The van der Waals surface area contributed by atoms with Crippen LogP contribution in [0.3, 0.4) is 0 Å².